The first-order valence-corrected chi connectivity index (χ1v) is 11.4. The summed E-state index contributed by atoms with van der Waals surface area (Å²) in [4.78, 5) is 25.0. The molecule has 0 spiro atoms. The van der Waals surface area contributed by atoms with Crippen LogP contribution in [0.15, 0.2) is 35.3 Å². The second kappa shape index (κ2) is 12.2. The molecule has 9 heteroatoms. The second-order valence-electron chi connectivity index (χ2n) is 7.34. The van der Waals surface area contributed by atoms with Gasteiger partial charge in [-0.2, -0.15) is 0 Å². The lowest BCUT2D eigenvalue weighted by Gasteiger charge is -2.18. The summed E-state index contributed by atoms with van der Waals surface area (Å²) in [5.41, 5.74) is 7.60. The standard InChI is InChI=1S/C22H25ClFN5O2.C2H6/c1-12-10-14(20(30)13(2)19(12)24)22(31)29-17(8-5-9-26-18(25)11-23)21-27-15-6-3-4-7-16(15)28-21;1-2/h3-4,6-7,10,17,30H,5,8-9,11H2,1-2H3,(H2,25,26)(H,27,28)(H,29,31);1-2H3. The van der Waals surface area contributed by atoms with E-state index in [9.17, 15) is 14.3 Å². The number of hydrogen-bond acceptors (Lipinski definition) is 4. The van der Waals surface area contributed by atoms with E-state index in [1.165, 1.54) is 13.0 Å². The van der Waals surface area contributed by atoms with E-state index >= 15 is 0 Å². The number of para-hydroxylation sites is 2. The van der Waals surface area contributed by atoms with Gasteiger partial charge in [-0.3, -0.25) is 9.79 Å². The summed E-state index contributed by atoms with van der Waals surface area (Å²) in [6.07, 6.45) is 1.14. The molecule has 7 nitrogen and oxygen atoms in total. The highest BCUT2D eigenvalue weighted by Gasteiger charge is 2.23. The minimum absolute atomic E-state index is 0.0157. The number of nitrogens with one attached hydrogen (secondary N) is 2. The van der Waals surface area contributed by atoms with Gasteiger partial charge in [-0.1, -0.05) is 26.0 Å². The molecule has 0 fully saturated rings. The van der Waals surface area contributed by atoms with Gasteiger partial charge in [0.1, 0.15) is 23.2 Å². The number of aromatic hydroxyl groups is 1. The molecule has 0 saturated heterocycles. The van der Waals surface area contributed by atoms with Gasteiger partial charge >= 0.3 is 0 Å². The number of carbonyl (C=O) groups excluding carboxylic acids is 1. The van der Waals surface area contributed by atoms with Crippen molar-refractivity contribution in [3.8, 4) is 5.75 Å². The summed E-state index contributed by atoms with van der Waals surface area (Å²) in [6, 6.07) is 8.41. The summed E-state index contributed by atoms with van der Waals surface area (Å²) >= 11 is 5.64. The minimum Gasteiger partial charge on any atom is -0.507 e. The topological polar surface area (TPSA) is 116 Å². The molecule has 3 rings (SSSR count). The lowest BCUT2D eigenvalue weighted by atomic mass is 10.0. The zero-order chi connectivity index (χ0) is 24.5. The van der Waals surface area contributed by atoms with E-state index in [2.05, 4.69) is 20.3 Å². The second-order valence-corrected chi connectivity index (χ2v) is 7.61. The normalized spacial score (nSPS) is 12.2. The Morgan fingerprint density at radius 3 is 2.70 bits per heavy atom. The van der Waals surface area contributed by atoms with Crippen LogP contribution in [0.3, 0.4) is 0 Å². The van der Waals surface area contributed by atoms with Crippen molar-refractivity contribution in [2.75, 3.05) is 12.4 Å². The number of amides is 1. The molecule has 0 aliphatic rings. The van der Waals surface area contributed by atoms with E-state index in [-0.39, 0.29) is 28.3 Å². The first-order chi connectivity index (χ1) is 15.8. The predicted molar refractivity (Wildman–Crippen MR) is 132 cm³/mol. The van der Waals surface area contributed by atoms with Gasteiger partial charge in [0, 0.05) is 12.1 Å². The van der Waals surface area contributed by atoms with Gasteiger partial charge in [-0.25, -0.2) is 9.37 Å². The van der Waals surface area contributed by atoms with Crippen LogP contribution >= 0.6 is 11.6 Å². The minimum atomic E-state index is -0.530. The van der Waals surface area contributed by atoms with E-state index in [1.54, 1.807) is 6.92 Å². The van der Waals surface area contributed by atoms with E-state index in [1.807, 2.05) is 38.1 Å². The molecular weight excluding hydrogens is 445 g/mol. The molecule has 1 atom stereocenters. The van der Waals surface area contributed by atoms with Gasteiger partial charge < -0.3 is 21.1 Å². The first-order valence-electron chi connectivity index (χ1n) is 10.9. The molecule has 0 bridgehead atoms. The molecule has 3 aromatic rings. The summed E-state index contributed by atoms with van der Waals surface area (Å²) < 4.78 is 14.0. The Hall–Kier alpha value is -3.13. The molecule has 0 saturated carbocycles. The third kappa shape index (κ3) is 6.44. The number of imidazole rings is 1. The van der Waals surface area contributed by atoms with Gasteiger partial charge in [0.25, 0.3) is 5.91 Å². The van der Waals surface area contributed by atoms with Gasteiger partial charge in [0.15, 0.2) is 0 Å². The third-order valence-corrected chi connectivity index (χ3v) is 5.31. The van der Waals surface area contributed by atoms with Crippen LogP contribution in [0.4, 0.5) is 4.39 Å². The highest BCUT2D eigenvalue weighted by Crippen LogP contribution is 2.28. The number of phenols is 1. The van der Waals surface area contributed by atoms with Crippen LogP contribution in [0.2, 0.25) is 0 Å². The molecule has 0 aliphatic heterocycles. The Morgan fingerprint density at radius 2 is 2.03 bits per heavy atom. The zero-order valence-corrected chi connectivity index (χ0v) is 20.1. The first kappa shape index (κ1) is 26.1. The number of hydrogen-bond donors (Lipinski definition) is 4. The van der Waals surface area contributed by atoms with Gasteiger partial charge in [-0.15, -0.1) is 11.6 Å². The molecule has 2 aromatic carbocycles. The number of aromatic nitrogens is 2. The fraction of sp³-hybridized carbons (Fsp3) is 0.375. The van der Waals surface area contributed by atoms with Crippen LogP contribution in [-0.2, 0) is 0 Å². The maximum absolute atomic E-state index is 14.0. The van der Waals surface area contributed by atoms with Crippen molar-refractivity contribution in [2.45, 2.75) is 46.6 Å². The predicted octanol–water partition coefficient (Wildman–Crippen LogP) is 4.90. The van der Waals surface area contributed by atoms with Crippen LogP contribution in [-0.4, -0.2) is 39.2 Å². The fourth-order valence-corrected chi connectivity index (χ4v) is 3.42. The molecule has 5 N–H and O–H groups in total. The van der Waals surface area contributed by atoms with E-state index in [0.29, 0.717) is 31.0 Å². The number of aromatic amines is 1. The Balaban J connectivity index is 0.00000187. The number of carbonyl (C=O) groups is 1. The highest BCUT2D eigenvalue weighted by atomic mass is 35.5. The summed E-state index contributed by atoms with van der Waals surface area (Å²) in [6.45, 7) is 7.43. The zero-order valence-electron chi connectivity index (χ0n) is 19.4. The molecular formula is C24H31ClFN5O2. The molecule has 178 valence electrons. The Bertz CT molecular complexity index is 1100. The number of aliphatic imine (C=N–C) groups is 1. The molecule has 33 heavy (non-hydrogen) atoms. The molecule has 0 radical (unpaired) electrons. The number of benzene rings is 2. The fourth-order valence-electron chi connectivity index (χ4n) is 3.33. The van der Waals surface area contributed by atoms with Crippen molar-refractivity contribution in [3.63, 3.8) is 0 Å². The highest BCUT2D eigenvalue weighted by molar-refractivity contribution is 6.27. The SMILES string of the molecule is CC.Cc1cc(C(=O)NC(CCCN=C(N)CCl)c2nc3ccccc3[nH]2)c(O)c(C)c1F. The maximum Gasteiger partial charge on any atom is 0.255 e. The molecule has 1 aromatic heterocycles. The van der Waals surface area contributed by atoms with Crippen LogP contribution in [0.1, 0.15) is 60.0 Å². The Labute approximate surface area is 198 Å². The molecule has 1 heterocycles. The number of amidine groups is 1. The van der Waals surface area contributed by atoms with E-state index in [4.69, 9.17) is 17.3 Å². The van der Waals surface area contributed by atoms with E-state index < -0.39 is 17.8 Å². The maximum atomic E-state index is 14.0. The van der Waals surface area contributed by atoms with Crippen molar-refractivity contribution >= 4 is 34.4 Å². The van der Waals surface area contributed by atoms with Crippen LogP contribution in [0.25, 0.3) is 11.0 Å². The number of nitrogens with two attached hydrogens (primary N) is 1. The van der Waals surface area contributed by atoms with Gasteiger partial charge in [0.2, 0.25) is 0 Å². The summed E-state index contributed by atoms with van der Waals surface area (Å²) in [7, 11) is 0. The monoisotopic (exact) mass is 475 g/mol. The van der Waals surface area contributed by atoms with Crippen LogP contribution in [0, 0.1) is 19.7 Å². The molecule has 1 amide bonds. The number of alkyl halides is 1. The summed E-state index contributed by atoms with van der Waals surface area (Å²) in [5, 5.41) is 13.2. The van der Waals surface area contributed by atoms with Gasteiger partial charge in [-0.05, 0) is 50.5 Å². The quantitative estimate of drug-likeness (QED) is 0.160. The smallest absolute Gasteiger partial charge is 0.255 e. The lowest BCUT2D eigenvalue weighted by Crippen LogP contribution is -2.30. The van der Waals surface area contributed by atoms with Crippen molar-refractivity contribution in [3.05, 3.63) is 58.7 Å². The number of phenolic OH excluding ortho intramolecular Hbond substituents is 1. The number of halogens is 2. The van der Waals surface area contributed by atoms with Crippen molar-refractivity contribution in [2.24, 2.45) is 10.7 Å². The van der Waals surface area contributed by atoms with Crippen LogP contribution < -0.4 is 11.1 Å². The average molecular weight is 476 g/mol. The summed E-state index contributed by atoms with van der Waals surface area (Å²) in [5.74, 6) is -0.321. The van der Waals surface area contributed by atoms with Crippen molar-refractivity contribution in [1.29, 1.82) is 0 Å². The molecule has 1 unspecified atom stereocenters. The van der Waals surface area contributed by atoms with Gasteiger partial charge in [0.05, 0.1) is 28.5 Å². The van der Waals surface area contributed by atoms with E-state index in [0.717, 1.165) is 11.0 Å². The number of fused-ring (bicyclic) bond motifs is 1. The largest absolute Gasteiger partial charge is 0.507 e. The third-order valence-electron chi connectivity index (χ3n) is 5.04. The lowest BCUT2D eigenvalue weighted by molar-refractivity contribution is 0.0929. The van der Waals surface area contributed by atoms with Crippen LogP contribution in [0.5, 0.6) is 5.75 Å². The average Bonchev–Trinajstić information content (AvgIpc) is 3.27. The number of aryl methyl sites for hydroxylation is 1. The van der Waals surface area contributed by atoms with Crippen molar-refractivity contribution < 1.29 is 14.3 Å². The molecule has 0 aliphatic carbocycles. The Morgan fingerprint density at radius 1 is 1.33 bits per heavy atom. The van der Waals surface area contributed by atoms with Crippen molar-refractivity contribution in [1.82, 2.24) is 15.3 Å². The number of rotatable bonds is 8. The number of H-pyrrole nitrogens is 1. The number of nitrogens with zero attached hydrogens (tertiary/aromatic N) is 2. The Kier molecular flexibility index (Phi) is 9.66.